The van der Waals surface area contributed by atoms with Crippen molar-refractivity contribution in [1.29, 1.82) is 0 Å². The van der Waals surface area contributed by atoms with E-state index in [2.05, 4.69) is 120 Å². The average molecular weight is 1360 g/mol. The topological polar surface area (TPSA) is 374 Å². The van der Waals surface area contributed by atoms with Gasteiger partial charge in [0, 0.05) is 18.6 Å². The highest BCUT2D eigenvalue weighted by molar-refractivity contribution is 9.10. The van der Waals surface area contributed by atoms with E-state index in [1.807, 2.05) is 0 Å². The van der Waals surface area contributed by atoms with Crippen molar-refractivity contribution >= 4 is 137 Å². The quantitative estimate of drug-likeness (QED) is 0.0541. The maximum absolute atomic E-state index is 12.7. The molecule has 0 fully saturated rings. The molecule has 10 heterocycles. The van der Waals surface area contributed by atoms with Gasteiger partial charge in [-0.15, -0.1) is 0 Å². The predicted molar refractivity (Wildman–Crippen MR) is 325 cm³/mol. The lowest BCUT2D eigenvalue weighted by Gasteiger charge is -2.23. The molecule has 3 atom stereocenters. The summed E-state index contributed by atoms with van der Waals surface area (Å²) in [5.41, 5.74) is 6.29. The van der Waals surface area contributed by atoms with Crippen LogP contribution in [-0.2, 0) is 21.8 Å². The molecule has 10 rings (SSSR count). The second-order valence-corrected chi connectivity index (χ2v) is 20.8. The van der Waals surface area contributed by atoms with Crippen LogP contribution in [0.15, 0.2) is 159 Å². The summed E-state index contributed by atoms with van der Waals surface area (Å²) in [6.07, 6.45) is 14.5. The summed E-state index contributed by atoms with van der Waals surface area (Å²) >= 11 is 29.9. The number of halogens is 6. The Morgan fingerprint density at radius 3 is 1.25 bits per heavy atom. The fourth-order valence-corrected chi connectivity index (χ4v) is 9.38. The van der Waals surface area contributed by atoms with Gasteiger partial charge in [0.05, 0.1) is 29.0 Å². The van der Waals surface area contributed by atoms with Gasteiger partial charge in [0.1, 0.15) is 87.6 Å². The Morgan fingerprint density at radius 2 is 0.940 bits per heavy atom. The Bertz CT molecular complexity index is 3880. The third kappa shape index (κ3) is 15.0. The Balaban J connectivity index is 0.000000195. The molecule has 7 aromatic rings. The van der Waals surface area contributed by atoms with Gasteiger partial charge < -0.3 is 43.0 Å². The largest absolute Gasteiger partial charge is 0.384 e. The molecule has 0 radical (unpaired) electrons. The summed E-state index contributed by atoms with van der Waals surface area (Å²) in [6.45, 7) is 20.7. The molecule has 0 spiro atoms. The summed E-state index contributed by atoms with van der Waals surface area (Å²) in [4.78, 5) is 130. The Hall–Kier alpha value is -8.93. The summed E-state index contributed by atoms with van der Waals surface area (Å²) in [7, 11) is 0. The summed E-state index contributed by atoms with van der Waals surface area (Å²) in [5.74, 6) is -0.555. The number of allylic oxidation sites excluding steroid dienone is 1. The third-order valence-corrected chi connectivity index (χ3v) is 13.8. The molecule has 7 aromatic heterocycles. The predicted octanol–water partition coefficient (Wildman–Crippen LogP) is 6.85. The summed E-state index contributed by atoms with van der Waals surface area (Å²) in [5, 5.41) is 14.5. The van der Waals surface area contributed by atoms with Crippen LogP contribution in [0.1, 0.15) is 69.6 Å². The average Bonchev–Trinajstić information content (AvgIpc) is 1.79. The number of fused-ring (bicyclic) bond motifs is 3. The zero-order valence-electron chi connectivity index (χ0n) is 44.3. The first-order valence-corrected chi connectivity index (χ1v) is 26.6. The van der Waals surface area contributed by atoms with Gasteiger partial charge in [-0.3, -0.25) is 56.9 Å². The number of anilines is 5. The fraction of sp³-hybridized carbons (Fsp3) is 0.135. The van der Waals surface area contributed by atoms with Gasteiger partial charge in [-0.25, -0.2) is 29.9 Å². The van der Waals surface area contributed by atoms with Crippen LogP contribution in [0.5, 0.6) is 0 Å². The molecule has 0 saturated carbocycles. The van der Waals surface area contributed by atoms with Gasteiger partial charge in [-0.05, 0) is 126 Å². The first-order chi connectivity index (χ1) is 39.5. The van der Waals surface area contributed by atoms with Crippen LogP contribution in [0.25, 0.3) is 0 Å². The lowest BCUT2D eigenvalue weighted by atomic mass is 10.2. The number of pyridine rings is 4. The van der Waals surface area contributed by atoms with Gasteiger partial charge in [0.2, 0.25) is 0 Å². The molecule has 84 heavy (non-hydrogen) atoms. The van der Waals surface area contributed by atoms with Crippen molar-refractivity contribution in [3.8, 4) is 0 Å². The first kappa shape index (κ1) is 65.9. The molecular weight excluding hydrogens is 1310 g/mol. The molecule has 0 bridgehead atoms. The maximum Gasteiger partial charge on any atom is 0.277 e. The van der Waals surface area contributed by atoms with E-state index in [1.165, 1.54) is 88.2 Å². The number of nitrogens with zero attached hydrogens (tertiary/aromatic N) is 9. The summed E-state index contributed by atoms with van der Waals surface area (Å²) < 4.78 is 4.44. The van der Waals surface area contributed by atoms with E-state index in [0.717, 1.165) is 0 Å². The molecule has 0 aromatic carbocycles. The van der Waals surface area contributed by atoms with Crippen molar-refractivity contribution in [1.82, 2.24) is 64.5 Å². The molecule has 0 saturated heterocycles. The molecule has 10 N–H and O–H groups in total. The van der Waals surface area contributed by atoms with Gasteiger partial charge in [-0.1, -0.05) is 72.7 Å². The number of hydrogen-bond donors (Lipinski definition) is 8. The van der Waals surface area contributed by atoms with Crippen molar-refractivity contribution < 1.29 is 24.0 Å². The fourth-order valence-electron chi connectivity index (χ4n) is 7.30. The minimum Gasteiger partial charge on any atom is -0.384 e. The number of primary amides is 1. The number of carbonyl (C=O) groups excluding carboxylic acids is 5. The van der Waals surface area contributed by atoms with Gasteiger partial charge in [-0.2, -0.15) is 0 Å². The third-order valence-electron chi connectivity index (χ3n) is 11.5. The molecule has 4 amide bonds. The van der Waals surface area contributed by atoms with E-state index in [4.69, 9.17) is 57.9 Å². The number of hydrogen-bond acceptors (Lipinski definition) is 18. The monoisotopic (exact) mass is 1350 g/mol. The number of amides is 4. The van der Waals surface area contributed by atoms with Crippen molar-refractivity contribution in [3.05, 3.63) is 224 Å². The Kier molecular flexibility index (Phi) is 21.9. The lowest BCUT2D eigenvalue weighted by Crippen LogP contribution is -2.43. The highest BCUT2D eigenvalue weighted by atomic mass is 79.9. The Labute approximate surface area is 512 Å². The molecule has 26 nitrogen and oxygen atoms in total. The van der Waals surface area contributed by atoms with E-state index in [9.17, 15) is 43.2 Å². The number of ketones is 1. The SMILES string of the molecule is C=CC(C)=O.C=CC1(C)NC(=O)c2c(Cl)cc(Br)c(=O)n21.C=CC1(C)NC(=O)c2c(Cl)cc(Nc3ccncn3)c(=O)n21.C=CC1(C)NC(=O)c2c(Cl)cc(Nc3ccncn3)c(=O)n21.NC(=O)c1[nH]c(=O)c(Br)cc1Cl.Nc1ccncn1. The second kappa shape index (κ2) is 27.9. The number of aromatic amines is 1. The van der Waals surface area contributed by atoms with Gasteiger partial charge >= 0.3 is 0 Å². The number of rotatable bonds is 9. The molecule has 3 aliphatic rings. The molecular formula is C52H47Br2Cl4N17O9. The number of carbonyl (C=O) groups is 5. The minimum atomic E-state index is -1.03. The zero-order chi connectivity index (χ0) is 62.6. The van der Waals surface area contributed by atoms with E-state index in [1.54, 1.807) is 57.6 Å². The van der Waals surface area contributed by atoms with Gasteiger partial charge in [0.25, 0.3) is 45.9 Å². The number of nitrogens with one attached hydrogen (secondary N) is 6. The van der Waals surface area contributed by atoms with Crippen LogP contribution in [0, 0.1) is 0 Å². The summed E-state index contributed by atoms with van der Waals surface area (Å²) in [6, 6.07) is 10.4. The van der Waals surface area contributed by atoms with Crippen molar-refractivity contribution in [2.45, 2.75) is 44.7 Å². The molecule has 436 valence electrons. The number of nitrogens with two attached hydrogens (primary N) is 2. The standard InChI is InChI=1S/2C14H12ClN5O2.C10H8BrClN2O2.C6H4BrClN2O2.C4H5N3.C4H6O/c2*1-3-14(2)19-12(21)11-8(15)6-9(13(22)20(11)14)18-10-4-5-16-7-17-10;1-3-10(2)13-8(15)7-6(12)4-5(11)9(16)14(7)10;7-2-1-3(8)4(5(9)11)10-6(2)12;5-4-1-2-6-3-7-4;1-3-4(2)5/h2*3-7H,1H2,2H3,(H,19,21)(H,16,17,18);3-4H,1H2,2H3,(H,13,15);1H,(H2,9,11)(H,10,12);1-3H,(H2,5,6,7);3H,1H2,2H3. The first-order valence-electron chi connectivity index (χ1n) is 23.5. The maximum atomic E-state index is 12.7. The van der Waals surface area contributed by atoms with Crippen molar-refractivity contribution in [3.63, 3.8) is 0 Å². The number of H-pyrrole nitrogens is 1. The molecule has 3 unspecified atom stereocenters. The minimum absolute atomic E-state index is 0.0185. The number of aromatic nitrogens is 10. The van der Waals surface area contributed by atoms with Crippen LogP contribution in [0.4, 0.5) is 28.8 Å². The van der Waals surface area contributed by atoms with E-state index < -0.39 is 51.4 Å². The van der Waals surface area contributed by atoms with Crippen LogP contribution in [0.3, 0.4) is 0 Å². The van der Waals surface area contributed by atoms with Crippen LogP contribution >= 0.6 is 78.3 Å². The van der Waals surface area contributed by atoms with Crippen LogP contribution in [-0.4, -0.2) is 78.0 Å². The zero-order valence-corrected chi connectivity index (χ0v) is 50.5. The Morgan fingerprint density at radius 1 is 0.583 bits per heavy atom. The van der Waals surface area contributed by atoms with Crippen LogP contribution < -0.4 is 60.3 Å². The highest BCUT2D eigenvalue weighted by Gasteiger charge is 2.42. The second-order valence-electron chi connectivity index (χ2n) is 17.5. The molecule has 0 aliphatic carbocycles. The van der Waals surface area contributed by atoms with E-state index >= 15 is 0 Å². The molecule has 3 aliphatic heterocycles. The molecule has 32 heteroatoms. The lowest BCUT2D eigenvalue weighted by molar-refractivity contribution is -0.112. The van der Waals surface area contributed by atoms with Crippen molar-refractivity contribution in [2.24, 2.45) is 5.73 Å². The van der Waals surface area contributed by atoms with E-state index in [-0.39, 0.29) is 76.0 Å². The normalized spacial score (nSPS) is 17.0. The van der Waals surface area contributed by atoms with Crippen LogP contribution in [0.2, 0.25) is 20.1 Å². The smallest absolute Gasteiger partial charge is 0.277 e. The number of nitrogen functional groups attached to an aromatic ring is 1. The van der Waals surface area contributed by atoms with Crippen molar-refractivity contribution in [2.75, 3.05) is 16.4 Å². The van der Waals surface area contributed by atoms with Gasteiger partial charge in [0.15, 0.2) is 5.78 Å². The highest BCUT2D eigenvalue weighted by Crippen LogP contribution is 2.32. The van der Waals surface area contributed by atoms with E-state index in [0.29, 0.717) is 21.9 Å².